The molecule has 0 radical (unpaired) electrons. The zero-order valence-corrected chi connectivity index (χ0v) is 22.9. The number of benzene rings is 3. The summed E-state index contributed by atoms with van der Waals surface area (Å²) >= 11 is 12.7. The number of amides is 2. The molecule has 40 heavy (non-hydrogen) atoms. The first-order valence-corrected chi connectivity index (χ1v) is 13.4. The molecule has 4 aromatic rings. The van der Waals surface area contributed by atoms with Gasteiger partial charge in [-0.05, 0) is 54.8 Å². The number of aromatic nitrogens is 2. The van der Waals surface area contributed by atoms with Crippen LogP contribution < -0.4 is 5.73 Å². The largest absolute Gasteiger partial charge is 0.385 e. The summed E-state index contributed by atoms with van der Waals surface area (Å²) in [6.07, 6.45) is 0.324. The number of nitriles is 1. The first-order valence-electron chi connectivity index (χ1n) is 12.6. The molecule has 202 valence electrons. The Labute approximate surface area is 241 Å². The highest BCUT2D eigenvalue weighted by molar-refractivity contribution is 6.32. The Morgan fingerprint density at radius 1 is 1.02 bits per heavy atom. The molecule has 0 aliphatic carbocycles. The average molecular weight is 574 g/mol. The maximum atomic E-state index is 13.9. The Kier molecular flexibility index (Phi) is 7.63. The van der Waals surface area contributed by atoms with E-state index in [0.717, 1.165) is 0 Å². The molecular formula is C30H25Cl2N5O3. The minimum atomic E-state index is -1.18. The number of likely N-dealkylation sites (tertiary alicyclic amines) is 1. The van der Waals surface area contributed by atoms with Gasteiger partial charge in [-0.15, -0.1) is 0 Å². The van der Waals surface area contributed by atoms with Gasteiger partial charge in [0.25, 0.3) is 5.91 Å². The van der Waals surface area contributed by atoms with Crippen LogP contribution in [0.15, 0.2) is 72.8 Å². The molecule has 1 aliphatic rings. The number of hydrogen-bond acceptors (Lipinski definition) is 5. The highest BCUT2D eigenvalue weighted by atomic mass is 35.5. The summed E-state index contributed by atoms with van der Waals surface area (Å²) in [5.41, 5.74) is 7.74. The van der Waals surface area contributed by atoms with Crippen molar-refractivity contribution < 1.29 is 14.7 Å². The van der Waals surface area contributed by atoms with Crippen LogP contribution in [0.1, 0.15) is 40.0 Å². The molecule has 1 saturated heterocycles. The van der Waals surface area contributed by atoms with Gasteiger partial charge in [0.15, 0.2) is 5.69 Å². The predicted molar refractivity (Wildman–Crippen MR) is 152 cm³/mol. The van der Waals surface area contributed by atoms with E-state index in [9.17, 15) is 20.0 Å². The maximum Gasteiger partial charge on any atom is 0.274 e. The van der Waals surface area contributed by atoms with E-state index in [-0.39, 0.29) is 44.0 Å². The fraction of sp³-hybridized carbons (Fsp3) is 0.200. The molecule has 8 nitrogen and oxygen atoms in total. The molecule has 1 aromatic heterocycles. The highest BCUT2D eigenvalue weighted by Crippen LogP contribution is 2.36. The van der Waals surface area contributed by atoms with Crippen molar-refractivity contribution in [2.45, 2.75) is 24.9 Å². The molecule has 0 spiro atoms. The van der Waals surface area contributed by atoms with Crippen molar-refractivity contribution in [1.29, 1.82) is 5.26 Å². The molecule has 0 unspecified atom stereocenters. The van der Waals surface area contributed by atoms with E-state index >= 15 is 0 Å². The molecule has 2 heterocycles. The van der Waals surface area contributed by atoms with Crippen LogP contribution in [0, 0.1) is 11.3 Å². The molecule has 0 bridgehead atoms. The number of piperidine rings is 1. The standard InChI is InChI=1S/C30H25Cl2N5O3/c31-22-10-8-20(9-11-22)28-23(17-26(34)38)27(35-37(28)25-7-2-1-6-24(25)32)29(39)36-14-12-30(40,13-15-36)21-5-3-4-19(16-21)18-33/h1-11,16,40H,12-15,17H2,(H2,34,38). The molecule has 1 aliphatic heterocycles. The van der Waals surface area contributed by atoms with E-state index in [2.05, 4.69) is 11.2 Å². The van der Waals surface area contributed by atoms with E-state index in [1.165, 1.54) is 0 Å². The van der Waals surface area contributed by atoms with Crippen molar-refractivity contribution in [2.75, 3.05) is 13.1 Å². The summed E-state index contributed by atoms with van der Waals surface area (Å²) in [4.78, 5) is 27.8. The van der Waals surface area contributed by atoms with Crippen LogP contribution in [0.4, 0.5) is 0 Å². The van der Waals surface area contributed by atoms with Crippen molar-refractivity contribution >= 4 is 35.0 Å². The number of primary amides is 1. The summed E-state index contributed by atoms with van der Waals surface area (Å²) in [5.74, 6) is -1.00. The van der Waals surface area contributed by atoms with Gasteiger partial charge in [-0.2, -0.15) is 10.4 Å². The Morgan fingerprint density at radius 3 is 2.38 bits per heavy atom. The summed E-state index contributed by atoms with van der Waals surface area (Å²) < 4.78 is 1.56. The molecule has 5 rings (SSSR count). The molecule has 0 atom stereocenters. The van der Waals surface area contributed by atoms with E-state index in [1.54, 1.807) is 82.4 Å². The SMILES string of the molecule is N#Cc1cccc(C2(O)CCN(C(=O)c3nn(-c4ccccc4Cl)c(-c4ccc(Cl)cc4)c3CC(N)=O)CC2)c1. The van der Waals surface area contributed by atoms with Crippen molar-refractivity contribution in [3.63, 3.8) is 0 Å². The van der Waals surface area contributed by atoms with Crippen LogP contribution in [0.2, 0.25) is 10.0 Å². The second-order valence-corrected chi connectivity index (χ2v) is 10.5. The fourth-order valence-electron chi connectivity index (χ4n) is 5.06. The molecular weight excluding hydrogens is 549 g/mol. The summed E-state index contributed by atoms with van der Waals surface area (Å²) in [5, 5.41) is 26.2. The van der Waals surface area contributed by atoms with E-state index < -0.39 is 11.5 Å². The van der Waals surface area contributed by atoms with Crippen molar-refractivity contribution in [3.8, 4) is 23.0 Å². The van der Waals surface area contributed by atoms with Gasteiger partial charge in [0.05, 0.1) is 40.1 Å². The number of carbonyl (C=O) groups excluding carboxylic acids is 2. The zero-order chi connectivity index (χ0) is 28.4. The Balaban J connectivity index is 1.55. The van der Waals surface area contributed by atoms with Crippen molar-refractivity contribution in [2.24, 2.45) is 5.73 Å². The monoisotopic (exact) mass is 573 g/mol. The normalized spacial score (nSPS) is 14.5. The van der Waals surface area contributed by atoms with Crippen molar-refractivity contribution in [1.82, 2.24) is 14.7 Å². The van der Waals surface area contributed by atoms with Crippen LogP contribution in [0.25, 0.3) is 16.9 Å². The van der Waals surface area contributed by atoms with Gasteiger partial charge in [0, 0.05) is 29.2 Å². The van der Waals surface area contributed by atoms with Gasteiger partial charge in [0.2, 0.25) is 5.91 Å². The fourth-order valence-corrected chi connectivity index (χ4v) is 5.40. The maximum absolute atomic E-state index is 13.9. The quantitative estimate of drug-likeness (QED) is 0.340. The van der Waals surface area contributed by atoms with E-state index in [0.29, 0.717) is 43.7 Å². The van der Waals surface area contributed by atoms with Crippen LogP contribution in [0.5, 0.6) is 0 Å². The summed E-state index contributed by atoms with van der Waals surface area (Å²) in [6.45, 7) is 0.495. The summed E-state index contributed by atoms with van der Waals surface area (Å²) in [6, 6.07) is 23.0. The van der Waals surface area contributed by atoms with Gasteiger partial charge in [-0.3, -0.25) is 9.59 Å². The molecule has 3 N–H and O–H groups in total. The lowest BCUT2D eigenvalue weighted by Crippen LogP contribution is -2.45. The van der Waals surface area contributed by atoms with Gasteiger partial charge < -0.3 is 15.7 Å². The first-order chi connectivity index (χ1) is 19.2. The molecule has 3 aromatic carbocycles. The van der Waals surface area contributed by atoms with Gasteiger partial charge in [0.1, 0.15) is 0 Å². The number of rotatable bonds is 6. The van der Waals surface area contributed by atoms with E-state index in [1.807, 2.05) is 0 Å². The lowest BCUT2D eigenvalue weighted by Gasteiger charge is -2.38. The average Bonchev–Trinajstić information content (AvgIpc) is 3.31. The smallest absolute Gasteiger partial charge is 0.274 e. The van der Waals surface area contributed by atoms with Crippen LogP contribution >= 0.6 is 23.2 Å². The number of nitrogens with zero attached hydrogens (tertiary/aromatic N) is 4. The molecule has 1 fully saturated rings. The van der Waals surface area contributed by atoms with Crippen LogP contribution in [0.3, 0.4) is 0 Å². The second kappa shape index (κ2) is 11.1. The number of carbonyl (C=O) groups is 2. The minimum absolute atomic E-state index is 0.0839. The Bertz CT molecular complexity index is 1630. The Morgan fingerprint density at radius 2 is 1.73 bits per heavy atom. The summed E-state index contributed by atoms with van der Waals surface area (Å²) in [7, 11) is 0. The van der Waals surface area contributed by atoms with Gasteiger partial charge in [-0.25, -0.2) is 4.68 Å². The Hall–Kier alpha value is -4.16. The van der Waals surface area contributed by atoms with Crippen LogP contribution in [-0.2, 0) is 16.8 Å². The zero-order valence-electron chi connectivity index (χ0n) is 21.3. The van der Waals surface area contributed by atoms with Gasteiger partial charge in [-0.1, -0.05) is 59.6 Å². The van der Waals surface area contributed by atoms with E-state index in [4.69, 9.17) is 28.9 Å². The molecule has 10 heteroatoms. The third-order valence-corrected chi connectivity index (χ3v) is 7.71. The highest BCUT2D eigenvalue weighted by Gasteiger charge is 2.37. The number of nitrogens with two attached hydrogens (primary N) is 1. The third-order valence-electron chi connectivity index (χ3n) is 7.14. The molecule has 2 amide bonds. The number of halogens is 2. The van der Waals surface area contributed by atoms with Gasteiger partial charge >= 0.3 is 0 Å². The van der Waals surface area contributed by atoms with Crippen molar-refractivity contribution in [3.05, 3.63) is 105 Å². The number of hydrogen-bond donors (Lipinski definition) is 2. The van der Waals surface area contributed by atoms with Crippen LogP contribution in [-0.4, -0.2) is 44.7 Å². The number of para-hydroxylation sites is 1. The molecule has 0 saturated carbocycles. The third kappa shape index (κ3) is 5.32. The predicted octanol–water partition coefficient (Wildman–Crippen LogP) is 4.87. The lowest BCUT2D eigenvalue weighted by atomic mass is 9.83. The second-order valence-electron chi connectivity index (χ2n) is 9.71. The topological polar surface area (TPSA) is 125 Å². The number of aliphatic hydroxyl groups is 1. The minimum Gasteiger partial charge on any atom is -0.385 e. The first kappa shape index (κ1) is 27.4. The lowest BCUT2D eigenvalue weighted by molar-refractivity contribution is -0.117.